The minimum absolute atomic E-state index is 0.107. The zero-order chi connectivity index (χ0) is 19.2. The fourth-order valence-corrected chi connectivity index (χ4v) is 4.25. The van der Waals surface area contributed by atoms with E-state index in [0.717, 1.165) is 11.3 Å². The molecule has 1 heterocycles. The van der Waals surface area contributed by atoms with Crippen molar-refractivity contribution in [2.45, 2.75) is 29.5 Å². The average molecular weight is 403 g/mol. The molecule has 2 atom stereocenters. The Morgan fingerprint density at radius 3 is 2.48 bits per heavy atom. The summed E-state index contributed by atoms with van der Waals surface area (Å²) in [4.78, 5) is 12.4. The highest BCUT2D eigenvalue weighted by Gasteiger charge is 2.19. The molecule has 0 bridgehead atoms. The lowest BCUT2D eigenvalue weighted by Crippen LogP contribution is -2.33. The van der Waals surface area contributed by atoms with Crippen LogP contribution in [0.15, 0.2) is 58.9 Å². The third-order valence-electron chi connectivity index (χ3n) is 3.81. The van der Waals surface area contributed by atoms with Crippen LogP contribution in [-0.2, 0) is 4.79 Å². The maximum Gasteiger partial charge on any atom is 0.233 e. The molecule has 0 aliphatic carbocycles. The molecule has 140 valence electrons. The van der Waals surface area contributed by atoms with E-state index in [-0.39, 0.29) is 23.0 Å². The minimum Gasteiger partial charge on any atom is -0.349 e. The summed E-state index contributed by atoms with van der Waals surface area (Å²) in [5.41, 5.74) is 1.79. The number of nitrogens with one attached hydrogen (secondary N) is 2. The Hall–Kier alpha value is -2.45. The molecule has 1 amide bonds. The van der Waals surface area contributed by atoms with Crippen molar-refractivity contribution in [2.75, 3.05) is 5.32 Å². The first kappa shape index (κ1) is 19.3. The quantitative estimate of drug-likeness (QED) is 0.557. The molecule has 0 saturated carbocycles. The maximum absolute atomic E-state index is 13.0. The average Bonchev–Trinajstić information content (AvgIpc) is 3.09. The summed E-state index contributed by atoms with van der Waals surface area (Å²) in [5, 5.41) is 14.7. The number of anilines is 2. The van der Waals surface area contributed by atoms with Gasteiger partial charge in [0, 0.05) is 5.69 Å². The summed E-state index contributed by atoms with van der Waals surface area (Å²) in [5.74, 6) is -0.401. The van der Waals surface area contributed by atoms with Gasteiger partial charge in [-0.05, 0) is 43.7 Å². The molecule has 1 aromatic heterocycles. The number of thioether (sulfide) groups is 1. The fraction of sp³-hybridized carbons (Fsp3) is 0.211. The number of rotatable bonds is 7. The zero-order valence-electron chi connectivity index (χ0n) is 14.8. The van der Waals surface area contributed by atoms with Crippen molar-refractivity contribution in [1.29, 1.82) is 0 Å². The molecule has 0 fully saturated rings. The number of benzene rings is 2. The molecule has 5 nitrogen and oxygen atoms in total. The summed E-state index contributed by atoms with van der Waals surface area (Å²) >= 11 is 2.75. The molecule has 0 saturated heterocycles. The van der Waals surface area contributed by atoms with Crippen LogP contribution in [0.4, 0.5) is 15.2 Å². The van der Waals surface area contributed by atoms with E-state index in [1.807, 2.05) is 44.2 Å². The Bertz CT molecular complexity index is 886. The van der Waals surface area contributed by atoms with Crippen LogP contribution in [0.25, 0.3) is 0 Å². The molecule has 27 heavy (non-hydrogen) atoms. The van der Waals surface area contributed by atoms with Crippen LogP contribution >= 0.6 is 23.1 Å². The Labute approximate surface area is 165 Å². The Kier molecular flexibility index (Phi) is 6.41. The molecule has 0 aliphatic rings. The number of carbonyl (C=O) groups excluding carboxylic acids is 1. The minimum atomic E-state index is -0.328. The lowest BCUT2D eigenvalue weighted by molar-refractivity contribution is -0.120. The van der Waals surface area contributed by atoms with Crippen molar-refractivity contribution >= 4 is 39.8 Å². The molecular weight excluding hydrogens is 383 g/mol. The van der Waals surface area contributed by atoms with Crippen LogP contribution in [0.3, 0.4) is 0 Å². The summed E-state index contributed by atoms with van der Waals surface area (Å²) < 4.78 is 13.7. The summed E-state index contributed by atoms with van der Waals surface area (Å²) in [6.45, 7) is 3.69. The van der Waals surface area contributed by atoms with E-state index in [0.29, 0.717) is 9.47 Å². The molecule has 0 unspecified atom stereocenters. The van der Waals surface area contributed by atoms with E-state index in [1.165, 1.54) is 35.2 Å². The fourth-order valence-electron chi connectivity index (χ4n) is 2.32. The van der Waals surface area contributed by atoms with Gasteiger partial charge >= 0.3 is 0 Å². The van der Waals surface area contributed by atoms with Crippen LogP contribution in [0.1, 0.15) is 25.5 Å². The van der Waals surface area contributed by atoms with E-state index in [2.05, 4.69) is 20.8 Å². The second kappa shape index (κ2) is 8.96. The first-order valence-corrected chi connectivity index (χ1v) is 10.1. The molecule has 8 heteroatoms. The Morgan fingerprint density at radius 2 is 1.78 bits per heavy atom. The van der Waals surface area contributed by atoms with Crippen LogP contribution in [-0.4, -0.2) is 21.4 Å². The summed E-state index contributed by atoms with van der Waals surface area (Å²) in [6.07, 6.45) is 0. The normalized spacial score (nSPS) is 13.0. The number of amides is 1. The molecular formula is C19H19FN4OS2. The van der Waals surface area contributed by atoms with Crippen molar-refractivity contribution in [3.05, 3.63) is 66.0 Å². The molecule has 3 aromatic rings. The van der Waals surface area contributed by atoms with Crippen molar-refractivity contribution < 1.29 is 9.18 Å². The van der Waals surface area contributed by atoms with Crippen LogP contribution in [0, 0.1) is 5.82 Å². The number of aromatic nitrogens is 2. The third-order valence-corrected chi connectivity index (χ3v) is 5.83. The van der Waals surface area contributed by atoms with Gasteiger partial charge in [0.1, 0.15) is 5.82 Å². The van der Waals surface area contributed by atoms with Crippen LogP contribution < -0.4 is 10.6 Å². The van der Waals surface area contributed by atoms with E-state index < -0.39 is 0 Å². The molecule has 2 aromatic carbocycles. The van der Waals surface area contributed by atoms with Gasteiger partial charge in [0.25, 0.3) is 0 Å². The molecule has 0 radical (unpaired) electrons. The lowest BCUT2D eigenvalue weighted by Gasteiger charge is -2.17. The van der Waals surface area contributed by atoms with E-state index in [4.69, 9.17) is 0 Å². The first-order valence-electron chi connectivity index (χ1n) is 8.39. The van der Waals surface area contributed by atoms with Gasteiger partial charge in [0.2, 0.25) is 11.0 Å². The topological polar surface area (TPSA) is 66.9 Å². The van der Waals surface area contributed by atoms with Gasteiger partial charge in [-0.25, -0.2) is 4.39 Å². The van der Waals surface area contributed by atoms with Gasteiger partial charge in [0.15, 0.2) is 4.34 Å². The molecule has 3 rings (SSSR count). The van der Waals surface area contributed by atoms with Crippen molar-refractivity contribution in [2.24, 2.45) is 0 Å². The van der Waals surface area contributed by atoms with Crippen LogP contribution in [0.5, 0.6) is 0 Å². The summed E-state index contributed by atoms with van der Waals surface area (Å²) in [6, 6.07) is 15.6. The predicted molar refractivity (Wildman–Crippen MR) is 108 cm³/mol. The van der Waals surface area contributed by atoms with Crippen molar-refractivity contribution in [3.63, 3.8) is 0 Å². The zero-order valence-corrected chi connectivity index (χ0v) is 16.5. The largest absolute Gasteiger partial charge is 0.349 e. The standard InChI is InChI=1S/C19H19FN4OS2/c1-12(14-8-10-15(20)11-9-14)21-17(25)13(2)26-19-24-23-18(27-19)22-16-6-4-3-5-7-16/h3-13H,1-2H3,(H,21,25)(H,22,23)/t12-,13+/m0/s1. The van der Waals surface area contributed by atoms with E-state index in [1.54, 1.807) is 12.1 Å². The van der Waals surface area contributed by atoms with Crippen LogP contribution in [0.2, 0.25) is 0 Å². The Balaban J connectivity index is 1.54. The highest BCUT2D eigenvalue weighted by molar-refractivity contribution is 8.02. The number of para-hydroxylation sites is 1. The SMILES string of the molecule is C[C@H](NC(=O)[C@@H](C)Sc1nnc(Nc2ccccc2)s1)c1ccc(F)cc1. The Morgan fingerprint density at radius 1 is 1.07 bits per heavy atom. The number of hydrogen-bond acceptors (Lipinski definition) is 6. The molecule has 0 spiro atoms. The highest BCUT2D eigenvalue weighted by atomic mass is 32.2. The maximum atomic E-state index is 13.0. The number of halogens is 1. The number of nitrogens with zero attached hydrogens (tertiary/aromatic N) is 2. The second-order valence-corrected chi connectivity index (χ2v) is 8.47. The van der Waals surface area contributed by atoms with E-state index in [9.17, 15) is 9.18 Å². The molecule has 2 N–H and O–H groups in total. The smallest absolute Gasteiger partial charge is 0.233 e. The number of hydrogen-bond donors (Lipinski definition) is 2. The monoisotopic (exact) mass is 402 g/mol. The van der Waals surface area contributed by atoms with Gasteiger partial charge in [-0.15, -0.1) is 10.2 Å². The second-order valence-electron chi connectivity index (χ2n) is 5.91. The van der Waals surface area contributed by atoms with Gasteiger partial charge in [-0.2, -0.15) is 0 Å². The third kappa shape index (κ3) is 5.51. The van der Waals surface area contributed by atoms with Gasteiger partial charge in [-0.1, -0.05) is 53.4 Å². The van der Waals surface area contributed by atoms with Gasteiger partial charge in [0.05, 0.1) is 11.3 Å². The van der Waals surface area contributed by atoms with Crippen molar-refractivity contribution in [3.8, 4) is 0 Å². The summed E-state index contributed by atoms with van der Waals surface area (Å²) in [7, 11) is 0. The van der Waals surface area contributed by atoms with Gasteiger partial charge < -0.3 is 10.6 Å². The van der Waals surface area contributed by atoms with E-state index >= 15 is 0 Å². The lowest BCUT2D eigenvalue weighted by atomic mass is 10.1. The first-order chi connectivity index (χ1) is 13.0. The highest BCUT2D eigenvalue weighted by Crippen LogP contribution is 2.30. The predicted octanol–water partition coefficient (Wildman–Crippen LogP) is 4.78. The molecule has 0 aliphatic heterocycles. The number of carbonyl (C=O) groups is 1. The van der Waals surface area contributed by atoms with Gasteiger partial charge in [-0.3, -0.25) is 4.79 Å². The van der Waals surface area contributed by atoms with Crippen molar-refractivity contribution in [1.82, 2.24) is 15.5 Å².